The topological polar surface area (TPSA) is 40.5 Å². The first-order chi connectivity index (χ1) is 14.4. The molecule has 2 saturated carbocycles. The van der Waals surface area contributed by atoms with Gasteiger partial charge in [-0.2, -0.15) is 0 Å². The van der Waals surface area contributed by atoms with E-state index >= 15 is 0 Å². The Labute approximate surface area is 191 Å². The molecule has 176 valence electrons. The zero-order chi connectivity index (χ0) is 22.8. The number of aliphatic hydroxyl groups is 2. The standard InChI is InChI=1S/C29H48O2/c1-18(2)20(4)19(3)17-29(7,31)26-11-10-24-23-9-8-21-16-22(30)12-14-27(21,5)25(23)13-15-28(24,26)6/h8,11,18-20,22-25,30-31H,9-10,12-17H2,1-7H3. The van der Waals surface area contributed by atoms with Crippen molar-refractivity contribution >= 4 is 0 Å². The molecule has 31 heavy (non-hydrogen) atoms. The molecule has 0 aromatic rings. The number of aliphatic hydroxyl groups excluding tert-OH is 1. The van der Waals surface area contributed by atoms with E-state index in [4.69, 9.17) is 0 Å². The Bertz CT molecular complexity index is 746. The highest BCUT2D eigenvalue weighted by atomic mass is 16.3. The highest BCUT2D eigenvalue weighted by Crippen LogP contribution is 2.66. The summed E-state index contributed by atoms with van der Waals surface area (Å²) >= 11 is 0. The van der Waals surface area contributed by atoms with Crippen molar-refractivity contribution < 1.29 is 10.2 Å². The maximum absolute atomic E-state index is 11.8. The average Bonchev–Trinajstić information content (AvgIpc) is 3.05. The summed E-state index contributed by atoms with van der Waals surface area (Å²) in [6.07, 6.45) is 13.5. The zero-order valence-electron chi connectivity index (χ0n) is 21.2. The first-order valence-corrected chi connectivity index (χ1v) is 13.2. The van der Waals surface area contributed by atoms with Gasteiger partial charge < -0.3 is 10.2 Å². The summed E-state index contributed by atoms with van der Waals surface area (Å²) in [7, 11) is 0. The smallest absolute Gasteiger partial charge is 0.0836 e. The van der Waals surface area contributed by atoms with E-state index in [9.17, 15) is 10.2 Å². The molecule has 9 atom stereocenters. The van der Waals surface area contributed by atoms with E-state index in [2.05, 4.69) is 60.6 Å². The fourth-order valence-corrected chi connectivity index (χ4v) is 8.62. The monoisotopic (exact) mass is 428 g/mol. The SMILES string of the molecule is CC(C)C(C)C(C)CC(C)(O)C1=CCC2C3CC=C4CC(O)CCC4(C)C3CCC12C. The number of hydrogen-bond acceptors (Lipinski definition) is 2. The summed E-state index contributed by atoms with van der Waals surface area (Å²) in [6.45, 7) is 16.4. The number of hydrogen-bond donors (Lipinski definition) is 2. The predicted octanol–water partition coefficient (Wildman–Crippen LogP) is 6.92. The van der Waals surface area contributed by atoms with Crippen LogP contribution < -0.4 is 0 Å². The Balaban J connectivity index is 1.55. The Morgan fingerprint density at radius 3 is 2.35 bits per heavy atom. The van der Waals surface area contributed by atoms with Gasteiger partial charge in [0.2, 0.25) is 0 Å². The Kier molecular flexibility index (Phi) is 6.09. The van der Waals surface area contributed by atoms with Crippen LogP contribution in [0.15, 0.2) is 23.3 Å². The largest absolute Gasteiger partial charge is 0.393 e. The van der Waals surface area contributed by atoms with E-state index in [-0.39, 0.29) is 16.9 Å². The molecule has 0 heterocycles. The molecular formula is C29H48O2. The fraction of sp³-hybridized carbons (Fsp3) is 0.862. The maximum Gasteiger partial charge on any atom is 0.0836 e. The molecule has 4 aliphatic carbocycles. The van der Waals surface area contributed by atoms with Gasteiger partial charge in [-0.1, -0.05) is 59.3 Å². The molecular weight excluding hydrogens is 380 g/mol. The van der Waals surface area contributed by atoms with E-state index in [1.54, 1.807) is 5.57 Å². The highest BCUT2D eigenvalue weighted by Gasteiger charge is 2.58. The van der Waals surface area contributed by atoms with Crippen LogP contribution >= 0.6 is 0 Å². The molecule has 0 aromatic carbocycles. The lowest BCUT2D eigenvalue weighted by Gasteiger charge is -2.58. The molecule has 0 amide bonds. The predicted molar refractivity (Wildman–Crippen MR) is 130 cm³/mol. The average molecular weight is 429 g/mol. The molecule has 0 aliphatic heterocycles. The molecule has 0 aromatic heterocycles. The minimum absolute atomic E-state index is 0.130. The van der Waals surface area contributed by atoms with Crippen molar-refractivity contribution in [1.29, 1.82) is 0 Å². The lowest BCUT2D eigenvalue weighted by molar-refractivity contribution is -0.0455. The van der Waals surface area contributed by atoms with Gasteiger partial charge in [-0.15, -0.1) is 0 Å². The van der Waals surface area contributed by atoms with Crippen molar-refractivity contribution in [2.45, 2.75) is 112 Å². The van der Waals surface area contributed by atoms with Crippen molar-refractivity contribution in [2.24, 2.45) is 46.3 Å². The van der Waals surface area contributed by atoms with Crippen LogP contribution in [0.5, 0.6) is 0 Å². The van der Waals surface area contributed by atoms with Crippen LogP contribution in [0.2, 0.25) is 0 Å². The van der Waals surface area contributed by atoms with Crippen LogP contribution in [0.4, 0.5) is 0 Å². The van der Waals surface area contributed by atoms with E-state index < -0.39 is 5.60 Å². The molecule has 2 N–H and O–H groups in total. The van der Waals surface area contributed by atoms with Crippen molar-refractivity contribution in [3.8, 4) is 0 Å². The normalized spacial score (nSPS) is 43.8. The van der Waals surface area contributed by atoms with Crippen molar-refractivity contribution in [3.63, 3.8) is 0 Å². The molecule has 0 bridgehead atoms. The summed E-state index contributed by atoms with van der Waals surface area (Å²) in [5.74, 6) is 3.92. The van der Waals surface area contributed by atoms with Crippen LogP contribution in [-0.2, 0) is 0 Å². The summed E-state index contributed by atoms with van der Waals surface area (Å²) in [5.41, 5.74) is 2.63. The van der Waals surface area contributed by atoms with Crippen LogP contribution in [-0.4, -0.2) is 21.9 Å². The van der Waals surface area contributed by atoms with E-state index in [0.29, 0.717) is 23.7 Å². The minimum Gasteiger partial charge on any atom is -0.393 e. The quantitative estimate of drug-likeness (QED) is 0.467. The number of allylic oxidation sites excluding steroid dienone is 2. The summed E-state index contributed by atoms with van der Waals surface area (Å²) in [6, 6.07) is 0. The first kappa shape index (κ1) is 23.6. The second-order valence-electron chi connectivity index (χ2n) is 13.0. The molecule has 0 radical (unpaired) electrons. The van der Waals surface area contributed by atoms with Crippen LogP contribution in [0.25, 0.3) is 0 Å². The second-order valence-corrected chi connectivity index (χ2v) is 13.0. The zero-order valence-corrected chi connectivity index (χ0v) is 21.2. The third-order valence-corrected chi connectivity index (χ3v) is 10.9. The molecule has 2 heteroatoms. The molecule has 4 rings (SSSR count). The molecule has 9 unspecified atom stereocenters. The Hall–Kier alpha value is -0.600. The molecule has 2 fully saturated rings. The van der Waals surface area contributed by atoms with Gasteiger partial charge in [0.05, 0.1) is 11.7 Å². The van der Waals surface area contributed by atoms with Gasteiger partial charge in [-0.25, -0.2) is 0 Å². The maximum atomic E-state index is 11.8. The Morgan fingerprint density at radius 2 is 1.68 bits per heavy atom. The molecule has 0 saturated heterocycles. The van der Waals surface area contributed by atoms with E-state index in [1.807, 2.05) is 0 Å². The van der Waals surface area contributed by atoms with Crippen molar-refractivity contribution in [3.05, 3.63) is 23.3 Å². The van der Waals surface area contributed by atoms with Gasteiger partial charge >= 0.3 is 0 Å². The van der Waals surface area contributed by atoms with Crippen molar-refractivity contribution in [1.82, 2.24) is 0 Å². The highest BCUT2D eigenvalue weighted by molar-refractivity contribution is 5.34. The molecule has 0 spiro atoms. The lowest BCUT2D eigenvalue weighted by atomic mass is 9.47. The van der Waals surface area contributed by atoms with Gasteiger partial charge in [-0.05, 0) is 110 Å². The van der Waals surface area contributed by atoms with Gasteiger partial charge in [0.1, 0.15) is 0 Å². The van der Waals surface area contributed by atoms with Crippen molar-refractivity contribution in [2.75, 3.05) is 0 Å². The molecule has 2 nitrogen and oxygen atoms in total. The molecule has 4 aliphatic rings. The summed E-state index contributed by atoms with van der Waals surface area (Å²) in [4.78, 5) is 0. The van der Waals surface area contributed by atoms with Gasteiger partial charge in [0, 0.05) is 0 Å². The van der Waals surface area contributed by atoms with Crippen LogP contribution in [0.1, 0.15) is 99.8 Å². The summed E-state index contributed by atoms with van der Waals surface area (Å²) < 4.78 is 0. The third-order valence-electron chi connectivity index (χ3n) is 10.9. The van der Waals surface area contributed by atoms with Gasteiger partial charge in [-0.3, -0.25) is 0 Å². The van der Waals surface area contributed by atoms with Gasteiger partial charge in [0.25, 0.3) is 0 Å². The lowest BCUT2D eigenvalue weighted by Crippen LogP contribution is -2.51. The van der Waals surface area contributed by atoms with E-state index in [1.165, 1.54) is 24.8 Å². The first-order valence-electron chi connectivity index (χ1n) is 13.2. The van der Waals surface area contributed by atoms with Crippen LogP contribution in [0.3, 0.4) is 0 Å². The van der Waals surface area contributed by atoms with Crippen LogP contribution in [0, 0.1) is 46.3 Å². The Morgan fingerprint density at radius 1 is 1.00 bits per heavy atom. The van der Waals surface area contributed by atoms with E-state index in [0.717, 1.165) is 43.9 Å². The number of rotatable bonds is 5. The third kappa shape index (κ3) is 3.78. The fourth-order valence-electron chi connectivity index (χ4n) is 8.62. The van der Waals surface area contributed by atoms with Gasteiger partial charge in [0.15, 0.2) is 0 Å². The summed E-state index contributed by atoms with van der Waals surface area (Å²) in [5, 5.41) is 22.0. The minimum atomic E-state index is -0.701. The number of fused-ring (bicyclic) bond motifs is 5. The second kappa shape index (κ2) is 8.01.